The Bertz CT molecular complexity index is 1510. The van der Waals surface area contributed by atoms with Crippen molar-refractivity contribution in [1.82, 2.24) is 0 Å². The fraction of sp³-hybridized carbons (Fsp3) is 0.214. The van der Waals surface area contributed by atoms with Crippen LogP contribution in [0.3, 0.4) is 0 Å². The number of hydrogen-bond donors (Lipinski definition) is 1. The highest BCUT2D eigenvalue weighted by Crippen LogP contribution is 2.37. The van der Waals surface area contributed by atoms with Gasteiger partial charge in [-0.15, -0.1) is 0 Å². The summed E-state index contributed by atoms with van der Waals surface area (Å²) in [5.41, 5.74) is 1.87. The van der Waals surface area contributed by atoms with Crippen molar-refractivity contribution in [2.24, 2.45) is 0 Å². The first-order chi connectivity index (χ1) is 17.9. The Balaban J connectivity index is 1.70. The van der Waals surface area contributed by atoms with Crippen LogP contribution in [0.4, 0.5) is 5.69 Å². The summed E-state index contributed by atoms with van der Waals surface area (Å²) in [5.74, 6) is 1.53. The number of hydrogen-bond acceptors (Lipinski definition) is 8. The fourth-order valence-electron chi connectivity index (χ4n) is 3.81. The van der Waals surface area contributed by atoms with Gasteiger partial charge < -0.3 is 33.4 Å². The number of anilines is 1. The molecule has 0 aliphatic carbocycles. The van der Waals surface area contributed by atoms with Crippen LogP contribution < -0.4 is 34.4 Å². The molecule has 9 heteroatoms. The molecule has 1 N–H and O–H groups in total. The van der Waals surface area contributed by atoms with Gasteiger partial charge in [0.05, 0.1) is 39.5 Å². The number of fused-ring (bicyclic) bond motifs is 1. The van der Waals surface area contributed by atoms with Crippen LogP contribution in [0.2, 0.25) is 0 Å². The number of amides is 1. The number of carbonyl (C=O) groups is 1. The third-order valence-corrected chi connectivity index (χ3v) is 5.68. The third-order valence-electron chi connectivity index (χ3n) is 5.68. The van der Waals surface area contributed by atoms with Crippen LogP contribution >= 0.6 is 0 Å². The van der Waals surface area contributed by atoms with E-state index < -0.39 is 17.9 Å². The molecule has 0 aliphatic heterocycles. The molecule has 0 fully saturated rings. The van der Waals surface area contributed by atoms with E-state index in [0.717, 1.165) is 5.56 Å². The van der Waals surface area contributed by atoms with Crippen LogP contribution in [0.1, 0.15) is 5.56 Å². The summed E-state index contributed by atoms with van der Waals surface area (Å²) >= 11 is 0. The molecule has 0 saturated carbocycles. The molecular formula is C28H27NO8. The van der Waals surface area contributed by atoms with Crippen molar-refractivity contribution in [3.63, 3.8) is 0 Å². The second-order valence-electron chi connectivity index (χ2n) is 8.06. The van der Waals surface area contributed by atoms with Gasteiger partial charge in [-0.3, -0.25) is 9.59 Å². The van der Waals surface area contributed by atoms with Crippen LogP contribution in [-0.4, -0.2) is 41.0 Å². The Morgan fingerprint density at radius 3 is 2.30 bits per heavy atom. The lowest BCUT2D eigenvalue weighted by molar-refractivity contribution is -0.118. The van der Waals surface area contributed by atoms with Gasteiger partial charge in [0, 0.05) is 11.6 Å². The summed E-state index contributed by atoms with van der Waals surface area (Å²) < 4.78 is 33.2. The first-order valence-corrected chi connectivity index (χ1v) is 11.3. The van der Waals surface area contributed by atoms with Crippen molar-refractivity contribution in [2.45, 2.75) is 6.92 Å². The highest BCUT2D eigenvalue weighted by Gasteiger charge is 2.21. The minimum absolute atomic E-state index is 0.0968. The van der Waals surface area contributed by atoms with E-state index in [4.69, 9.17) is 28.1 Å². The van der Waals surface area contributed by atoms with Crippen LogP contribution in [0.5, 0.6) is 28.7 Å². The van der Waals surface area contributed by atoms with E-state index in [9.17, 15) is 9.59 Å². The van der Waals surface area contributed by atoms with Gasteiger partial charge in [-0.05, 0) is 55.0 Å². The minimum atomic E-state index is -0.495. The minimum Gasteiger partial charge on any atom is -0.497 e. The van der Waals surface area contributed by atoms with E-state index in [1.165, 1.54) is 28.4 Å². The van der Waals surface area contributed by atoms with Crippen molar-refractivity contribution >= 4 is 22.6 Å². The zero-order valence-corrected chi connectivity index (χ0v) is 21.2. The van der Waals surface area contributed by atoms with E-state index in [1.807, 2.05) is 13.0 Å². The van der Waals surface area contributed by atoms with Gasteiger partial charge in [0.15, 0.2) is 23.9 Å². The second-order valence-corrected chi connectivity index (χ2v) is 8.06. The van der Waals surface area contributed by atoms with Crippen molar-refractivity contribution < 1.29 is 32.9 Å². The zero-order chi connectivity index (χ0) is 26.5. The van der Waals surface area contributed by atoms with Gasteiger partial charge >= 0.3 is 0 Å². The molecule has 1 amide bonds. The number of rotatable bonds is 9. The largest absolute Gasteiger partial charge is 0.497 e. The van der Waals surface area contributed by atoms with Gasteiger partial charge in [-0.1, -0.05) is 6.07 Å². The van der Waals surface area contributed by atoms with Crippen molar-refractivity contribution in [2.75, 3.05) is 40.4 Å². The molecule has 0 unspecified atom stereocenters. The molecule has 0 aliphatic rings. The summed E-state index contributed by atoms with van der Waals surface area (Å²) in [4.78, 5) is 26.2. The highest BCUT2D eigenvalue weighted by molar-refractivity contribution is 5.93. The Labute approximate surface area is 213 Å². The molecule has 4 aromatic rings. The molecule has 192 valence electrons. The Hall–Kier alpha value is -4.66. The SMILES string of the molecule is COc1ccc(NC(=O)COc2c(-c3ccc(OC)c(OC)c3)oc3cc(C)ccc3c2=O)c(OC)c1. The predicted molar refractivity (Wildman–Crippen MR) is 139 cm³/mol. The lowest BCUT2D eigenvalue weighted by Crippen LogP contribution is -2.23. The summed E-state index contributed by atoms with van der Waals surface area (Å²) in [6, 6.07) is 15.3. The summed E-state index contributed by atoms with van der Waals surface area (Å²) in [7, 11) is 6.06. The van der Waals surface area contributed by atoms with Gasteiger partial charge in [0.2, 0.25) is 11.2 Å². The van der Waals surface area contributed by atoms with Gasteiger partial charge in [0.25, 0.3) is 5.91 Å². The number of methoxy groups -OCH3 is 4. The lowest BCUT2D eigenvalue weighted by Gasteiger charge is -2.14. The molecule has 37 heavy (non-hydrogen) atoms. The van der Waals surface area contributed by atoms with Crippen LogP contribution in [0.25, 0.3) is 22.3 Å². The van der Waals surface area contributed by atoms with E-state index in [-0.39, 0.29) is 11.5 Å². The summed E-state index contributed by atoms with van der Waals surface area (Å²) in [6.45, 7) is 1.45. The van der Waals surface area contributed by atoms with Crippen LogP contribution in [0.15, 0.2) is 63.8 Å². The molecule has 4 rings (SSSR count). The predicted octanol–water partition coefficient (Wildman–Crippen LogP) is 4.82. The number of benzene rings is 3. The normalized spacial score (nSPS) is 10.6. The number of ether oxygens (including phenoxy) is 5. The standard InChI is InChI=1S/C28H27NO8/c1-16-6-9-19-22(12-16)37-27(17-7-11-21(33-3)24(13-17)35-5)28(26(19)31)36-15-25(30)29-20-10-8-18(32-2)14-23(20)34-4/h6-14H,15H2,1-5H3,(H,29,30). The first-order valence-electron chi connectivity index (χ1n) is 11.3. The monoisotopic (exact) mass is 505 g/mol. The van der Waals surface area contributed by atoms with Crippen LogP contribution in [-0.2, 0) is 4.79 Å². The third kappa shape index (κ3) is 5.30. The molecule has 3 aromatic carbocycles. The van der Waals surface area contributed by atoms with Crippen molar-refractivity contribution in [3.8, 4) is 40.1 Å². The first kappa shape index (κ1) is 25.4. The van der Waals surface area contributed by atoms with Gasteiger partial charge in [0.1, 0.15) is 17.1 Å². The van der Waals surface area contributed by atoms with Gasteiger partial charge in [-0.2, -0.15) is 0 Å². The average molecular weight is 506 g/mol. The molecule has 0 atom stereocenters. The Kier molecular flexibility index (Phi) is 7.52. The smallest absolute Gasteiger partial charge is 0.262 e. The maximum absolute atomic E-state index is 13.4. The summed E-state index contributed by atoms with van der Waals surface area (Å²) in [6.07, 6.45) is 0. The number of aryl methyl sites for hydroxylation is 1. The van der Waals surface area contributed by atoms with Gasteiger partial charge in [-0.25, -0.2) is 0 Å². The van der Waals surface area contributed by atoms with Crippen LogP contribution in [0, 0.1) is 6.92 Å². The fourth-order valence-corrected chi connectivity index (χ4v) is 3.81. The van der Waals surface area contributed by atoms with E-state index in [2.05, 4.69) is 5.32 Å². The average Bonchev–Trinajstić information content (AvgIpc) is 2.91. The zero-order valence-electron chi connectivity index (χ0n) is 21.2. The maximum Gasteiger partial charge on any atom is 0.262 e. The molecule has 1 aromatic heterocycles. The molecule has 0 bridgehead atoms. The molecule has 0 radical (unpaired) electrons. The Morgan fingerprint density at radius 2 is 1.59 bits per heavy atom. The molecule has 0 spiro atoms. The second kappa shape index (κ2) is 10.9. The lowest BCUT2D eigenvalue weighted by atomic mass is 10.1. The highest BCUT2D eigenvalue weighted by atomic mass is 16.5. The Morgan fingerprint density at radius 1 is 0.838 bits per heavy atom. The molecule has 1 heterocycles. The molecular weight excluding hydrogens is 478 g/mol. The summed E-state index contributed by atoms with van der Waals surface area (Å²) in [5, 5.41) is 3.06. The van der Waals surface area contributed by atoms with Crippen molar-refractivity contribution in [3.05, 3.63) is 70.4 Å². The van der Waals surface area contributed by atoms with E-state index in [0.29, 0.717) is 45.2 Å². The quantitative estimate of drug-likeness (QED) is 0.345. The topological polar surface area (TPSA) is 105 Å². The molecule has 0 saturated heterocycles. The molecule has 9 nitrogen and oxygen atoms in total. The number of nitrogens with one attached hydrogen (secondary N) is 1. The van der Waals surface area contributed by atoms with E-state index in [1.54, 1.807) is 48.5 Å². The number of carbonyl (C=O) groups excluding carboxylic acids is 1. The van der Waals surface area contributed by atoms with Crippen molar-refractivity contribution in [1.29, 1.82) is 0 Å². The maximum atomic E-state index is 13.4. The van der Waals surface area contributed by atoms with E-state index >= 15 is 0 Å².